The first-order valence-electron chi connectivity index (χ1n) is 12.2. The summed E-state index contributed by atoms with van der Waals surface area (Å²) in [5.74, 6) is -0.104. The van der Waals surface area contributed by atoms with Gasteiger partial charge in [-0.3, -0.25) is 4.79 Å². The Labute approximate surface area is 217 Å². The third-order valence-corrected chi connectivity index (χ3v) is 5.88. The molecule has 0 saturated carbocycles. The van der Waals surface area contributed by atoms with E-state index >= 15 is 0 Å². The Hall–Kier alpha value is -3.26. The summed E-state index contributed by atoms with van der Waals surface area (Å²) in [5, 5.41) is 9.28. The summed E-state index contributed by atoms with van der Waals surface area (Å²) >= 11 is 5.87. The number of carbonyl (C=O) groups is 3. The minimum Gasteiger partial charge on any atom is -0.444 e. The topological polar surface area (TPSA) is 99.8 Å². The molecule has 1 heterocycles. The van der Waals surface area contributed by atoms with Crippen LogP contribution in [-0.4, -0.2) is 47.7 Å². The van der Waals surface area contributed by atoms with E-state index in [0.717, 1.165) is 30.4 Å². The minimum absolute atomic E-state index is 0.104. The molecule has 3 rings (SSSR count). The van der Waals surface area contributed by atoms with Crippen molar-refractivity contribution in [2.24, 2.45) is 0 Å². The molecule has 1 unspecified atom stereocenters. The molecule has 2 aromatic carbocycles. The molecule has 0 radical (unpaired) electrons. The highest BCUT2D eigenvalue weighted by molar-refractivity contribution is 6.30. The van der Waals surface area contributed by atoms with E-state index in [4.69, 9.17) is 16.3 Å². The highest BCUT2D eigenvalue weighted by atomic mass is 35.5. The molecule has 0 spiro atoms. The number of nitrogens with zero attached hydrogens (tertiary/aromatic N) is 1. The fourth-order valence-corrected chi connectivity index (χ4v) is 4.01. The molecule has 2 aromatic rings. The predicted octanol–water partition coefficient (Wildman–Crippen LogP) is 5.11. The molecule has 1 aliphatic rings. The number of amides is 4. The Bertz CT molecular complexity index is 1040. The normalized spacial score (nSPS) is 16.0. The van der Waals surface area contributed by atoms with Crippen molar-refractivity contribution in [3.05, 3.63) is 64.7 Å². The van der Waals surface area contributed by atoms with Gasteiger partial charge in [0.25, 0.3) is 0 Å². The maximum Gasteiger partial charge on any atom is 0.410 e. The van der Waals surface area contributed by atoms with E-state index in [1.807, 2.05) is 45.0 Å². The molecular weight excluding hydrogens is 480 g/mol. The molecule has 1 atom stereocenters. The van der Waals surface area contributed by atoms with Crippen LogP contribution < -0.4 is 16.0 Å². The van der Waals surface area contributed by atoms with Crippen LogP contribution in [0.4, 0.5) is 15.3 Å². The van der Waals surface area contributed by atoms with Crippen LogP contribution >= 0.6 is 11.6 Å². The van der Waals surface area contributed by atoms with E-state index in [2.05, 4.69) is 16.0 Å². The van der Waals surface area contributed by atoms with Gasteiger partial charge in [0.15, 0.2) is 0 Å². The maximum atomic E-state index is 12.7. The number of carbonyl (C=O) groups excluding carboxylic acids is 3. The lowest BCUT2D eigenvalue weighted by molar-refractivity contribution is -0.121. The summed E-state index contributed by atoms with van der Waals surface area (Å²) in [5.41, 5.74) is 1.85. The number of rotatable bonds is 6. The van der Waals surface area contributed by atoms with Crippen molar-refractivity contribution in [1.82, 2.24) is 15.5 Å². The van der Waals surface area contributed by atoms with Crippen molar-refractivity contribution in [1.29, 1.82) is 0 Å². The van der Waals surface area contributed by atoms with Crippen molar-refractivity contribution >= 4 is 35.3 Å². The summed E-state index contributed by atoms with van der Waals surface area (Å²) in [4.78, 5) is 39.0. The van der Waals surface area contributed by atoms with Crippen molar-refractivity contribution in [3.63, 3.8) is 0 Å². The number of hydrogen-bond acceptors (Lipinski definition) is 4. The van der Waals surface area contributed by atoms with Crippen molar-refractivity contribution in [2.75, 3.05) is 18.4 Å². The van der Waals surface area contributed by atoms with Gasteiger partial charge in [-0.1, -0.05) is 35.9 Å². The number of hydrogen-bond donors (Lipinski definition) is 3. The highest BCUT2D eigenvalue weighted by Crippen LogP contribution is 2.16. The zero-order valence-electron chi connectivity index (χ0n) is 21.1. The SMILES string of the molecule is CC(C)(C)OC(=O)N1CCCCC(NC(=O)Cc2ccc(NC(=O)NCc3ccc(Cl)cc3)cc2)C1. The van der Waals surface area contributed by atoms with Crippen molar-refractivity contribution < 1.29 is 19.1 Å². The molecule has 1 aliphatic heterocycles. The largest absolute Gasteiger partial charge is 0.444 e. The van der Waals surface area contributed by atoms with Gasteiger partial charge in [-0.15, -0.1) is 0 Å². The first-order valence-corrected chi connectivity index (χ1v) is 12.6. The fourth-order valence-electron chi connectivity index (χ4n) is 3.88. The van der Waals surface area contributed by atoms with E-state index in [1.54, 1.807) is 29.2 Å². The molecule has 9 heteroatoms. The van der Waals surface area contributed by atoms with Gasteiger partial charge in [0.2, 0.25) is 5.91 Å². The lowest BCUT2D eigenvalue weighted by atomic mass is 10.1. The number of anilines is 1. The van der Waals surface area contributed by atoms with Gasteiger partial charge >= 0.3 is 12.1 Å². The molecule has 0 bridgehead atoms. The van der Waals surface area contributed by atoms with Crippen LogP contribution in [0.1, 0.15) is 51.2 Å². The fraction of sp³-hybridized carbons (Fsp3) is 0.444. The molecule has 1 fully saturated rings. The summed E-state index contributed by atoms with van der Waals surface area (Å²) in [6.07, 6.45) is 2.51. The lowest BCUT2D eigenvalue weighted by Gasteiger charge is -2.28. The summed E-state index contributed by atoms with van der Waals surface area (Å²) in [6, 6.07) is 14.0. The average molecular weight is 515 g/mol. The summed E-state index contributed by atoms with van der Waals surface area (Å²) in [7, 11) is 0. The second-order valence-corrected chi connectivity index (χ2v) is 10.4. The zero-order valence-corrected chi connectivity index (χ0v) is 21.9. The molecule has 194 valence electrons. The van der Waals surface area contributed by atoms with Crippen LogP contribution in [0.5, 0.6) is 0 Å². The first kappa shape index (κ1) is 27.3. The molecule has 8 nitrogen and oxygen atoms in total. The first-order chi connectivity index (χ1) is 17.1. The standard InChI is InChI=1S/C27H35ClN4O4/c1-27(2,3)36-26(35)32-15-5-4-6-23(18-32)30-24(33)16-19-9-13-22(14-10-19)31-25(34)29-17-20-7-11-21(28)12-8-20/h7-14,23H,4-6,15-18H2,1-3H3,(H,30,33)(H2,29,31,34). The van der Waals surface area contributed by atoms with Gasteiger partial charge in [-0.2, -0.15) is 0 Å². The van der Waals surface area contributed by atoms with Crippen LogP contribution in [0.2, 0.25) is 5.02 Å². The third kappa shape index (κ3) is 9.41. The van der Waals surface area contributed by atoms with Gasteiger partial charge in [0.05, 0.1) is 6.42 Å². The Balaban J connectivity index is 1.45. The van der Waals surface area contributed by atoms with Crippen LogP contribution in [0, 0.1) is 0 Å². The van der Waals surface area contributed by atoms with Crippen LogP contribution in [0.15, 0.2) is 48.5 Å². The Morgan fingerprint density at radius 1 is 1.00 bits per heavy atom. The zero-order chi connectivity index (χ0) is 26.1. The number of ether oxygens (including phenoxy) is 1. The maximum absolute atomic E-state index is 12.7. The molecule has 0 aliphatic carbocycles. The van der Waals surface area contributed by atoms with E-state index in [-0.39, 0.29) is 30.5 Å². The van der Waals surface area contributed by atoms with Crippen molar-refractivity contribution in [3.8, 4) is 0 Å². The van der Waals surface area contributed by atoms with Gasteiger partial charge in [0.1, 0.15) is 5.60 Å². The Morgan fingerprint density at radius 3 is 2.33 bits per heavy atom. The second-order valence-electron chi connectivity index (χ2n) is 9.99. The average Bonchev–Trinajstić information content (AvgIpc) is 3.04. The van der Waals surface area contributed by atoms with Gasteiger partial charge in [-0.25, -0.2) is 9.59 Å². The Morgan fingerprint density at radius 2 is 1.67 bits per heavy atom. The highest BCUT2D eigenvalue weighted by Gasteiger charge is 2.27. The van der Waals surface area contributed by atoms with Crippen LogP contribution in [-0.2, 0) is 22.5 Å². The lowest BCUT2D eigenvalue weighted by Crippen LogP contribution is -2.46. The molecule has 36 heavy (non-hydrogen) atoms. The number of halogens is 1. The molecule has 3 N–H and O–H groups in total. The quantitative estimate of drug-likeness (QED) is 0.498. The molecule has 4 amide bonds. The molecule has 0 aromatic heterocycles. The van der Waals surface area contributed by atoms with Crippen LogP contribution in [0.3, 0.4) is 0 Å². The number of benzene rings is 2. The number of urea groups is 1. The van der Waals surface area contributed by atoms with Crippen LogP contribution in [0.25, 0.3) is 0 Å². The number of nitrogens with one attached hydrogen (secondary N) is 3. The molecular formula is C27H35ClN4O4. The third-order valence-electron chi connectivity index (χ3n) is 5.63. The van der Waals surface area contributed by atoms with E-state index in [9.17, 15) is 14.4 Å². The smallest absolute Gasteiger partial charge is 0.410 e. The van der Waals surface area contributed by atoms with Gasteiger partial charge in [-0.05, 0) is 75.4 Å². The van der Waals surface area contributed by atoms with Crippen molar-refractivity contribution in [2.45, 2.75) is 64.6 Å². The summed E-state index contributed by atoms with van der Waals surface area (Å²) < 4.78 is 5.50. The minimum atomic E-state index is -0.555. The van der Waals surface area contributed by atoms with E-state index in [1.165, 1.54) is 0 Å². The monoisotopic (exact) mass is 514 g/mol. The molecule has 1 saturated heterocycles. The number of likely N-dealkylation sites (tertiary alicyclic amines) is 1. The van der Waals surface area contributed by atoms with Gasteiger partial charge in [0, 0.05) is 36.4 Å². The second kappa shape index (κ2) is 12.6. The predicted molar refractivity (Wildman–Crippen MR) is 141 cm³/mol. The summed E-state index contributed by atoms with van der Waals surface area (Å²) in [6.45, 7) is 6.98. The van der Waals surface area contributed by atoms with E-state index in [0.29, 0.717) is 30.3 Å². The van der Waals surface area contributed by atoms with E-state index < -0.39 is 5.60 Å². The van der Waals surface area contributed by atoms with Gasteiger partial charge < -0.3 is 25.6 Å². The Kier molecular flexibility index (Phi) is 9.58.